The molecule has 2 atom stereocenters. The fraction of sp³-hybridized carbons (Fsp3) is 0.375. The summed E-state index contributed by atoms with van der Waals surface area (Å²) in [5.41, 5.74) is -0.480. The van der Waals surface area contributed by atoms with E-state index < -0.39 is 40.9 Å². The van der Waals surface area contributed by atoms with E-state index in [1.54, 1.807) is 12.1 Å². The van der Waals surface area contributed by atoms with Gasteiger partial charge in [0.2, 0.25) is 0 Å². The molecule has 0 N–H and O–H groups in total. The van der Waals surface area contributed by atoms with Gasteiger partial charge in [0.25, 0.3) is 0 Å². The largest absolute Gasteiger partial charge is 0.365 e. The normalized spacial score (nSPS) is 26.4. The van der Waals surface area contributed by atoms with Gasteiger partial charge in [-0.25, -0.2) is 17.6 Å². The topological polar surface area (TPSA) is 9.23 Å². The lowest BCUT2D eigenvalue weighted by molar-refractivity contribution is -0.315. The first-order valence-electron chi connectivity index (χ1n) is 13.4. The predicted octanol–water partition coefficient (Wildman–Crippen LogP) is 9.57. The van der Waals surface area contributed by atoms with Crippen LogP contribution in [0, 0.1) is 34.6 Å². The minimum atomic E-state index is -3.20. The highest BCUT2D eigenvalue weighted by Gasteiger charge is 2.59. The molecule has 0 heterocycles. The number of fused-ring (bicyclic) bond motifs is 2. The summed E-state index contributed by atoms with van der Waals surface area (Å²) in [4.78, 5) is 0. The van der Waals surface area contributed by atoms with E-state index in [1.165, 1.54) is 24.3 Å². The maximum absolute atomic E-state index is 15.2. The van der Waals surface area contributed by atoms with Crippen LogP contribution < -0.4 is 0 Å². The highest BCUT2D eigenvalue weighted by atomic mass is 19.3. The molecule has 1 nitrogen and oxygen atoms in total. The van der Waals surface area contributed by atoms with Crippen LogP contribution >= 0.6 is 0 Å². The second-order valence-corrected chi connectivity index (χ2v) is 11.2. The molecule has 3 aliphatic rings. The predicted molar refractivity (Wildman–Crippen MR) is 137 cm³/mol. The van der Waals surface area contributed by atoms with E-state index in [9.17, 15) is 13.2 Å². The zero-order valence-corrected chi connectivity index (χ0v) is 21.2. The molecule has 39 heavy (non-hydrogen) atoms. The van der Waals surface area contributed by atoms with Gasteiger partial charge in [-0.1, -0.05) is 36.4 Å². The van der Waals surface area contributed by atoms with Crippen LogP contribution in [0.15, 0.2) is 66.7 Å². The Hall–Kier alpha value is -3.06. The number of alkyl halides is 2. The Kier molecular flexibility index (Phi) is 6.61. The second-order valence-electron chi connectivity index (χ2n) is 11.2. The van der Waals surface area contributed by atoms with Crippen LogP contribution in [-0.2, 0) is 4.74 Å². The smallest absolute Gasteiger partial charge is 0.316 e. The van der Waals surface area contributed by atoms with Gasteiger partial charge in [-0.2, -0.15) is 8.78 Å². The number of hydrogen-bond donors (Lipinski definition) is 0. The molecular formula is C32H28F6O. The number of halogens is 6. The van der Waals surface area contributed by atoms with E-state index >= 15 is 13.2 Å². The molecule has 6 rings (SSSR count). The minimum Gasteiger partial charge on any atom is -0.316 e. The third-order valence-electron chi connectivity index (χ3n) is 8.79. The van der Waals surface area contributed by atoms with Gasteiger partial charge in [0.15, 0.2) is 0 Å². The fourth-order valence-electron chi connectivity index (χ4n) is 6.59. The maximum atomic E-state index is 15.2. The molecule has 0 radical (unpaired) electrons. The Labute approximate surface area is 223 Å². The van der Waals surface area contributed by atoms with E-state index in [0.717, 1.165) is 36.2 Å². The SMILES string of the molecule is Fc1ccc(-c2c(F)cc(-c3ccc(C4CCC(OC(F)(F)[C@]56C=CC(CC5)C6)CC4)cc3F)cc2F)cc1. The third kappa shape index (κ3) is 4.79. The van der Waals surface area contributed by atoms with E-state index in [2.05, 4.69) is 0 Å². The van der Waals surface area contributed by atoms with Crippen LogP contribution in [0.3, 0.4) is 0 Å². The Bertz CT molecular complexity index is 1380. The van der Waals surface area contributed by atoms with Crippen molar-refractivity contribution in [2.45, 2.75) is 63.1 Å². The molecule has 204 valence electrons. The van der Waals surface area contributed by atoms with Crippen molar-refractivity contribution in [2.75, 3.05) is 0 Å². The molecule has 0 amide bonds. The van der Waals surface area contributed by atoms with Crippen LogP contribution in [-0.4, -0.2) is 12.2 Å². The molecule has 2 fully saturated rings. The van der Waals surface area contributed by atoms with Crippen molar-refractivity contribution in [3.8, 4) is 22.3 Å². The first-order valence-corrected chi connectivity index (χ1v) is 13.4. The van der Waals surface area contributed by atoms with Crippen LogP contribution in [0.2, 0.25) is 0 Å². The fourth-order valence-corrected chi connectivity index (χ4v) is 6.59. The molecule has 0 aliphatic heterocycles. The van der Waals surface area contributed by atoms with Crippen molar-refractivity contribution >= 4 is 0 Å². The number of ether oxygens (including phenoxy) is 1. The van der Waals surface area contributed by atoms with Gasteiger partial charge < -0.3 is 4.74 Å². The summed E-state index contributed by atoms with van der Waals surface area (Å²) >= 11 is 0. The molecule has 0 aromatic heterocycles. The average molecular weight is 543 g/mol. The first-order chi connectivity index (χ1) is 18.6. The average Bonchev–Trinajstić information content (AvgIpc) is 3.53. The van der Waals surface area contributed by atoms with E-state index in [-0.39, 0.29) is 34.1 Å². The van der Waals surface area contributed by atoms with E-state index in [1.807, 2.05) is 6.08 Å². The van der Waals surface area contributed by atoms with Gasteiger partial charge in [-0.15, -0.1) is 0 Å². The van der Waals surface area contributed by atoms with Gasteiger partial charge in [0, 0.05) is 5.56 Å². The summed E-state index contributed by atoms with van der Waals surface area (Å²) in [7, 11) is 0. The zero-order chi connectivity index (χ0) is 27.4. The van der Waals surface area contributed by atoms with Crippen molar-refractivity contribution < 1.29 is 31.1 Å². The lowest BCUT2D eigenvalue weighted by atomic mass is 9.81. The lowest BCUT2D eigenvalue weighted by Crippen LogP contribution is -2.43. The van der Waals surface area contributed by atoms with Crippen molar-refractivity contribution in [3.05, 3.63) is 95.6 Å². The van der Waals surface area contributed by atoms with Crippen molar-refractivity contribution in [3.63, 3.8) is 0 Å². The van der Waals surface area contributed by atoms with Gasteiger partial charge in [-0.05, 0) is 104 Å². The Morgan fingerprint density at radius 3 is 2.00 bits per heavy atom. The number of allylic oxidation sites excluding steroid dienone is 1. The summed E-state index contributed by atoms with van der Waals surface area (Å²) < 4.78 is 93.6. The van der Waals surface area contributed by atoms with Crippen molar-refractivity contribution in [1.82, 2.24) is 0 Å². The van der Waals surface area contributed by atoms with Crippen LogP contribution in [0.25, 0.3) is 22.3 Å². The molecule has 3 aliphatic carbocycles. The molecule has 3 aromatic rings. The molecule has 2 saturated carbocycles. The van der Waals surface area contributed by atoms with E-state index in [0.29, 0.717) is 38.5 Å². The van der Waals surface area contributed by atoms with Gasteiger partial charge in [-0.3, -0.25) is 0 Å². The van der Waals surface area contributed by atoms with Gasteiger partial charge in [0.05, 0.1) is 17.1 Å². The molecule has 7 heteroatoms. The van der Waals surface area contributed by atoms with E-state index in [4.69, 9.17) is 4.74 Å². The van der Waals surface area contributed by atoms with Crippen molar-refractivity contribution in [1.29, 1.82) is 0 Å². The van der Waals surface area contributed by atoms with Crippen LogP contribution in [0.4, 0.5) is 26.3 Å². The minimum absolute atomic E-state index is 0.0169. The lowest BCUT2D eigenvalue weighted by Gasteiger charge is -2.38. The van der Waals surface area contributed by atoms with Crippen molar-refractivity contribution in [2.24, 2.45) is 11.3 Å². The summed E-state index contributed by atoms with van der Waals surface area (Å²) in [6.07, 6.45) is 3.54. The first kappa shape index (κ1) is 26.2. The molecule has 1 unspecified atom stereocenters. The monoisotopic (exact) mass is 542 g/mol. The summed E-state index contributed by atoms with van der Waals surface area (Å²) in [5.74, 6) is -2.68. The summed E-state index contributed by atoms with van der Waals surface area (Å²) in [6, 6.07) is 11.5. The molecular weight excluding hydrogens is 514 g/mol. The molecule has 0 spiro atoms. The third-order valence-corrected chi connectivity index (χ3v) is 8.79. The number of rotatable bonds is 6. The molecule has 0 saturated heterocycles. The Morgan fingerprint density at radius 1 is 0.744 bits per heavy atom. The van der Waals surface area contributed by atoms with Crippen LogP contribution in [0.5, 0.6) is 0 Å². The highest BCUT2D eigenvalue weighted by Crippen LogP contribution is 2.58. The Balaban J connectivity index is 1.13. The standard InChI is InChI=1S/C32H28F6O/c33-24-6-1-21(2-7-24)30-28(35)16-23(17-29(30)36)26-10-5-22(15-27(26)34)20-3-8-25(9-4-20)39-32(37,38)31-13-11-19(18-31)12-14-31/h1-2,5-7,10-11,13,15-17,19-20,25H,3-4,8-9,12,14,18H2/t19?,20?,25?,31-/m1/s1. The van der Waals surface area contributed by atoms with Gasteiger partial charge >= 0.3 is 6.11 Å². The number of benzene rings is 3. The molecule has 2 bridgehead atoms. The summed E-state index contributed by atoms with van der Waals surface area (Å²) in [5, 5.41) is 0. The Morgan fingerprint density at radius 2 is 1.44 bits per heavy atom. The van der Waals surface area contributed by atoms with Crippen LogP contribution in [0.1, 0.15) is 56.4 Å². The quantitative estimate of drug-likeness (QED) is 0.223. The van der Waals surface area contributed by atoms with Gasteiger partial charge in [0.1, 0.15) is 23.3 Å². The number of hydrogen-bond acceptors (Lipinski definition) is 1. The maximum Gasteiger partial charge on any atom is 0.365 e. The second kappa shape index (κ2) is 9.84. The molecule has 3 aromatic carbocycles. The zero-order valence-electron chi connectivity index (χ0n) is 21.2. The highest BCUT2D eigenvalue weighted by molar-refractivity contribution is 5.72. The summed E-state index contributed by atoms with van der Waals surface area (Å²) in [6.45, 7) is 0.